The zero-order chi connectivity index (χ0) is 26.0. The van der Waals surface area contributed by atoms with Gasteiger partial charge in [-0.2, -0.15) is 5.26 Å². The van der Waals surface area contributed by atoms with Crippen LogP contribution in [0.1, 0.15) is 16.7 Å². The minimum atomic E-state index is -0.510. The van der Waals surface area contributed by atoms with Gasteiger partial charge in [-0.05, 0) is 94.4 Å². The highest BCUT2D eigenvalue weighted by Crippen LogP contribution is 2.27. The summed E-state index contributed by atoms with van der Waals surface area (Å²) in [5.74, 6) is 0.744. The quantitative estimate of drug-likeness (QED) is 0.113. The lowest BCUT2D eigenvalue weighted by Crippen LogP contribution is -2.13. The summed E-state index contributed by atoms with van der Waals surface area (Å²) in [4.78, 5) is 12.9. The van der Waals surface area contributed by atoms with Crippen LogP contribution in [0, 0.1) is 14.9 Å². The molecule has 0 unspecified atom stereocenters. The van der Waals surface area contributed by atoms with E-state index in [4.69, 9.17) is 9.47 Å². The first-order chi connectivity index (χ1) is 18.0. The molecular formula is C30H22BrIN2O3. The molecule has 0 aromatic heterocycles. The van der Waals surface area contributed by atoms with Crippen LogP contribution in [0.2, 0.25) is 0 Å². The molecule has 1 amide bonds. The van der Waals surface area contributed by atoms with Gasteiger partial charge in [-0.1, -0.05) is 58.4 Å². The molecule has 0 spiro atoms. The molecule has 0 aliphatic rings. The molecule has 4 rings (SSSR count). The van der Waals surface area contributed by atoms with E-state index >= 15 is 0 Å². The van der Waals surface area contributed by atoms with E-state index in [2.05, 4.69) is 43.8 Å². The van der Waals surface area contributed by atoms with Gasteiger partial charge >= 0.3 is 0 Å². The van der Waals surface area contributed by atoms with E-state index in [9.17, 15) is 10.1 Å². The molecule has 184 valence electrons. The molecular weight excluding hydrogens is 643 g/mol. The number of benzene rings is 4. The summed E-state index contributed by atoms with van der Waals surface area (Å²) in [6, 6.07) is 32.4. The average molecular weight is 665 g/mol. The van der Waals surface area contributed by atoms with Crippen LogP contribution in [0.15, 0.2) is 107 Å². The van der Waals surface area contributed by atoms with Gasteiger partial charge in [-0.15, -0.1) is 0 Å². The van der Waals surface area contributed by atoms with Crippen LogP contribution in [0.3, 0.4) is 0 Å². The second-order valence-electron chi connectivity index (χ2n) is 8.02. The standard InChI is InChI=1S/C30H22BrIN2O3/c31-25-8-15-29(37-20-22-6-9-26(32)10-7-22)23(17-25)16-24(18-33)30(35)34-27-11-13-28(14-12-27)36-19-21-4-2-1-3-5-21/h1-17H,19-20H2,(H,34,35)/b24-16+. The van der Waals surface area contributed by atoms with Crippen LogP contribution in [-0.4, -0.2) is 5.91 Å². The Morgan fingerprint density at radius 3 is 2.27 bits per heavy atom. The third kappa shape index (κ3) is 7.94. The number of amides is 1. The second kappa shape index (κ2) is 13.1. The Kier molecular flexibility index (Phi) is 9.35. The second-order valence-corrected chi connectivity index (χ2v) is 10.2. The van der Waals surface area contributed by atoms with Crippen LogP contribution in [0.5, 0.6) is 11.5 Å². The maximum absolute atomic E-state index is 12.9. The molecule has 7 heteroatoms. The van der Waals surface area contributed by atoms with E-state index < -0.39 is 5.91 Å². The van der Waals surface area contributed by atoms with Crippen LogP contribution in [0.25, 0.3) is 6.08 Å². The number of carbonyl (C=O) groups excluding carboxylic acids is 1. The molecule has 0 aliphatic heterocycles. The first kappa shape index (κ1) is 26.5. The van der Waals surface area contributed by atoms with Crippen molar-refractivity contribution in [3.05, 3.63) is 127 Å². The number of carbonyl (C=O) groups is 1. The Labute approximate surface area is 238 Å². The molecule has 0 heterocycles. The lowest BCUT2D eigenvalue weighted by molar-refractivity contribution is -0.112. The summed E-state index contributed by atoms with van der Waals surface area (Å²) >= 11 is 5.71. The van der Waals surface area contributed by atoms with Gasteiger partial charge in [0.05, 0.1) is 0 Å². The smallest absolute Gasteiger partial charge is 0.266 e. The SMILES string of the molecule is N#C/C(=C\c1cc(Br)ccc1OCc1ccc(I)cc1)C(=O)Nc1ccc(OCc2ccccc2)cc1. The summed E-state index contributed by atoms with van der Waals surface area (Å²) in [5.41, 5.74) is 3.23. The van der Waals surface area contributed by atoms with Crippen molar-refractivity contribution in [1.82, 2.24) is 0 Å². The molecule has 0 bridgehead atoms. The zero-order valence-corrected chi connectivity index (χ0v) is 23.4. The number of nitriles is 1. The highest BCUT2D eigenvalue weighted by atomic mass is 127. The largest absolute Gasteiger partial charge is 0.489 e. The fraction of sp³-hybridized carbons (Fsp3) is 0.0667. The van der Waals surface area contributed by atoms with Crippen LogP contribution < -0.4 is 14.8 Å². The fourth-order valence-corrected chi connectivity index (χ4v) is 4.12. The highest BCUT2D eigenvalue weighted by Gasteiger charge is 2.12. The molecule has 1 N–H and O–H groups in total. The minimum Gasteiger partial charge on any atom is -0.489 e. The number of anilines is 1. The van der Waals surface area contributed by atoms with Crippen molar-refractivity contribution in [2.75, 3.05) is 5.32 Å². The van der Waals surface area contributed by atoms with Crippen LogP contribution in [0.4, 0.5) is 5.69 Å². The summed E-state index contributed by atoms with van der Waals surface area (Å²) in [6.45, 7) is 0.820. The molecule has 0 radical (unpaired) electrons. The first-order valence-electron chi connectivity index (χ1n) is 11.4. The topological polar surface area (TPSA) is 71.3 Å². The monoisotopic (exact) mass is 664 g/mol. The molecule has 0 fully saturated rings. The van der Waals surface area contributed by atoms with Gasteiger partial charge in [0.15, 0.2) is 0 Å². The first-order valence-corrected chi connectivity index (χ1v) is 13.2. The summed E-state index contributed by atoms with van der Waals surface area (Å²) in [5, 5.41) is 12.5. The highest BCUT2D eigenvalue weighted by molar-refractivity contribution is 14.1. The van der Waals surface area contributed by atoms with Gasteiger partial charge in [-0.25, -0.2) is 0 Å². The summed E-state index contributed by atoms with van der Waals surface area (Å²) in [6.07, 6.45) is 1.53. The lowest BCUT2D eigenvalue weighted by atomic mass is 10.1. The van der Waals surface area contributed by atoms with E-state index in [0.717, 1.165) is 19.2 Å². The Morgan fingerprint density at radius 1 is 0.892 bits per heavy atom. The third-order valence-corrected chi connectivity index (χ3v) is 6.52. The molecule has 0 aliphatic carbocycles. The number of ether oxygens (including phenoxy) is 2. The predicted octanol–water partition coefficient (Wildman–Crippen LogP) is 7.76. The number of nitrogens with one attached hydrogen (secondary N) is 1. The number of rotatable bonds is 9. The molecule has 0 saturated carbocycles. The predicted molar refractivity (Wildman–Crippen MR) is 157 cm³/mol. The Balaban J connectivity index is 1.42. The summed E-state index contributed by atoms with van der Waals surface area (Å²) < 4.78 is 13.8. The summed E-state index contributed by atoms with van der Waals surface area (Å²) in [7, 11) is 0. The van der Waals surface area contributed by atoms with E-state index in [0.29, 0.717) is 36.0 Å². The third-order valence-electron chi connectivity index (χ3n) is 5.30. The maximum Gasteiger partial charge on any atom is 0.266 e. The van der Waals surface area contributed by atoms with E-state index in [1.807, 2.05) is 78.9 Å². The molecule has 37 heavy (non-hydrogen) atoms. The van der Waals surface area contributed by atoms with Crippen molar-refractivity contribution in [1.29, 1.82) is 5.26 Å². The molecule has 5 nitrogen and oxygen atoms in total. The van der Waals surface area contributed by atoms with Crippen molar-refractivity contribution < 1.29 is 14.3 Å². The minimum absolute atomic E-state index is 0.0402. The number of hydrogen-bond donors (Lipinski definition) is 1. The van der Waals surface area contributed by atoms with Crippen molar-refractivity contribution in [2.45, 2.75) is 13.2 Å². The van der Waals surface area contributed by atoms with E-state index in [-0.39, 0.29) is 5.57 Å². The zero-order valence-electron chi connectivity index (χ0n) is 19.7. The van der Waals surface area contributed by atoms with Crippen molar-refractivity contribution in [3.8, 4) is 17.6 Å². The van der Waals surface area contributed by atoms with Crippen molar-refractivity contribution in [3.63, 3.8) is 0 Å². The molecule has 0 atom stereocenters. The Bertz CT molecular complexity index is 1430. The maximum atomic E-state index is 12.9. The van der Waals surface area contributed by atoms with Gasteiger partial charge < -0.3 is 14.8 Å². The van der Waals surface area contributed by atoms with Gasteiger partial charge in [0.25, 0.3) is 5.91 Å². The fourth-order valence-electron chi connectivity index (χ4n) is 3.38. The lowest BCUT2D eigenvalue weighted by Gasteiger charge is -2.11. The van der Waals surface area contributed by atoms with Crippen molar-refractivity contribution >= 4 is 56.2 Å². The normalized spacial score (nSPS) is 10.9. The van der Waals surface area contributed by atoms with Gasteiger partial charge in [0, 0.05) is 19.3 Å². The van der Waals surface area contributed by atoms with E-state index in [1.165, 1.54) is 6.08 Å². The molecule has 4 aromatic rings. The molecule has 4 aromatic carbocycles. The van der Waals surface area contributed by atoms with Gasteiger partial charge in [-0.3, -0.25) is 4.79 Å². The average Bonchev–Trinajstić information content (AvgIpc) is 2.92. The van der Waals surface area contributed by atoms with Crippen LogP contribution >= 0.6 is 38.5 Å². The van der Waals surface area contributed by atoms with Crippen molar-refractivity contribution in [2.24, 2.45) is 0 Å². The molecule has 0 saturated heterocycles. The van der Waals surface area contributed by atoms with E-state index in [1.54, 1.807) is 24.3 Å². The van der Waals surface area contributed by atoms with Crippen LogP contribution in [-0.2, 0) is 18.0 Å². The number of hydrogen-bond acceptors (Lipinski definition) is 4. The van der Waals surface area contributed by atoms with Gasteiger partial charge in [0.2, 0.25) is 0 Å². The number of halogens is 2. The Hall–Kier alpha value is -3.61. The number of nitrogens with zero attached hydrogens (tertiary/aromatic N) is 1. The van der Waals surface area contributed by atoms with Gasteiger partial charge in [0.1, 0.15) is 36.4 Å². The Morgan fingerprint density at radius 2 is 1.57 bits per heavy atom.